The summed E-state index contributed by atoms with van der Waals surface area (Å²) in [6.45, 7) is 5.43. The summed E-state index contributed by atoms with van der Waals surface area (Å²) >= 11 is 0. The molecule has 1 aromatic carbocycles. The average Bonchev–Trinajstić information content (AvgIpc) is 2.78. The lowest BCUT2D eigenvalue weighted by molar-refractivity contribution is 0.219. The predicted octanol–water partition coefficient (Wildman–Crippen LogP) is 1.85. The highest BCUT2D eigenvalue weighted by atomic mass is 32.2. The fraction of sp³-hybridized carbons (Fsp3) is 0.357. The number of rotatable bonds is 2. The summed E-state index contributed by atoms with van der Waals surface area (Å²) in [7, 11) is -3.87. The summed E-state index contributed by atoms with van der Waals surface area (Å²) in [6, 6.07) is 5.42. The van der Waals surface area contributed by atoms with E-state index in [4.69, 9.17) is 15.0 Å². The molecule has 1 aliphatic heterocycles. The minimum Gasteiger partial charge on any atom is -0.487 e. The van der Waals surface area contributed by atoms with E-state index in [9.17, 15) is 8.42 Å². The molecule has 2 aromatic rings. The molecular weight excluding hydrogens is 306 g/mol. The van der Waals surface area contributed by atoms with Crippen LogP contribution in [0.5, 0.6) is 5.75 Å². The van der Waals surface area contributed by atoms with Gasteiger partial charge < -0.3 is 15.0 Å². The molecule has 0 spiro atoms. The molecule has 0 saturated carbocycles. The number of ether oxygens (including phenoxy) is 1. The Hall–Kier alpha value is -2.22. The molecule has 8 heteroatoms. The number of nitrogen functional groups attached to an aromatic ring is 1. The summed E-state index contributed by atoms with van der Waals surface area (Å²) in [5.74, 6) is 0.567. The van der Waals surface area contributed by atoms with Gasteiger partial charge in [0.25, 0.3) is 10.0 Å². The van der Waals surface area contributed by atoms with Crippen molar-refractivity contribution in [1.29, 1.82) is 0 Å². The Balaban J connectivity index is 2.18. The average molecular weight is 323 g/mol. The summed E-state index contributed by atoms with van der Waals surface area (Å²) in [5.41, 5.74) is 7.11. The van der Waals surface area contributed by atoms with Crippen LogP contribution in [0.4, 0.5) is 11.5 Å². The van der Waals surface area contributed by atoms with Crippen LogP contribution in [0.25, 0.3) is 0 Å². The maximum absolute atomic E-state index is 13.0. The summed E-state index contributed by atoms with van der Waals surface area (Å²) in [4.78, 5) is -0.0888. The fourth-order valence-electron chi connectivity index (χ4n) is 2.54. The largest absolute Gasteiger partial charge is 0.487 e. The number of nitrogens with zero attached hydrogens (tertiary/aromatic N) is 2. The Morgan fingerprint density at radius 2 is 2.09 bits per heavy atom. The van der Waals surface area contributed by atoms with E-state index >= 15 is 0 Å². The zero-order chi connectivity index (χ0) is 16.1. The van der Waals surface area contributed by atoms with Crippen molar-refractivity contribution >= 4 is 21.5 Å². The zero-order valence-corrected chi connectivity index (χ0v) is 13.3. The van der Waals surface area contributed by atoms with E-state index in [0.29, 0.717) is 11.4 Å². The molecule has 1 aliphatic rings. The second-order valence-electron chi connectivity index (χ2n) is 5.39. The van der Waals surface area contributed by atoms with E-state index in [1.165, 1.54) is 11.2 Å². The van der Waals surface area contributed by atoms with Gasteiger partial charge in [0.1, 0.15) is 11.9 Å². The van der Waals surface area contributed by atoms with Crippen molar-refractivity contribution in [3.05, 3.63) is 29.5 Å². The molecule has 22 heavy (non-hydrogen) atoms. The first-order chi connectivity index (χ1) is 10.3. The van der Waals surface area contributed by atoms with Crippen LogP contribution in [0, 0.1) is 13.8 Å². The molecule has 7 nitrogen and oxygen atoms in total. The molecule has 2 N–H and O–H groups in total. The van der Waals surface area contributed by atoms with Gasteiger partial charge in [0.2, 0.25) is 0 Å². The van der Waals surface area contributed by atoms with E-state index in [1.54, 1.807) is 12.1 Å². The maximum Gasteiger partial charge on any atom is 0.271 e. The molecule has 0 radical (unpaired) electrons. The van der Waals surface area contributed by atoms with Crippen LogP contribution >= 0.6 is 0 Å². The highest BCUT2D eigenvalue weighted by molar-refractivity contribution is 7.93. The van der Waals surface area contributed by atoms with Crippen LogP contribution in [-0.2, 0) is 10.0 Å². The van der Waals surface area contributed by atoms with Crippen molar-refractivity contribution in [2.75, 3.05) is 16.6 Å². The number of aromatic nitrogens is 1. The molecule has 1 unspecified atom stereocenters. The van der Waals surface area contributed by atoms with E-state index in [-0.39, 0.29) is 29.1 Å². The lowest BCUT2D eigenvalue weighted by Crippen LogP contribution is -2.42. The molecule has 0 saturated heterocycles. The molecule has 0 bridgehead atoms. The first kappa shape index (κ1) is 14.7. The third kappa shape index (κ3) is 2.19. The Morgan fingerprint density at radius 3 is 2.73 bits per heavy atom. The molecule has 0 aliphatic carbocycles. The van der Waals surface area contributed by atoms with Crippen molar-refractivity contribution < 1.29 is 17.7 Å². The second kappa shape index (κ2) is 4.91. The van der Waals surface area contributed by atoms with Gasteiger partial charge in [-0.1, -0.05) is 11.2 Å². The first-order valence-corrected chi connectivity index (χ1v) is 8.26. The van der Waals surface area contributed by atoms with E-state index in [1.807, 2.05) is 19.9 Å². The molecule has 118 valence electrons. The van der Waals surface area contributed by atoms with Gasteiger partial charge in [0.15, 0.2) is 16.5 Å². The van der Waals surface area contributed by atoms with Crippen LogP contribution in [-0.4, -0.2) is 26.2 Å². The Morgan fingerprint density at radius 1 is 1.36 bits per heavy atom. The van der Waals surface area contributed by atoms with Crippen molar-refractivity contribution in [3.8, 4) is 5.75 Å². The van der Waals surface area contributed by atoms with Gasteiger partial charge in [-0.3, -0.25) is 4.31 Å². The standard InChI is InChI=1S/C14H17N3O4S/c1-8-4-5-12-11(6-8)17(7-9(2)20-12)22(18,19)13-10(3)21-16-14(13)15/h4-6,9H,7H2,1-3H3,(H2,15,16). The SMILES string of the molecule is Cc1ccc2c(c1)N(S(=O)(=O)c1c(N)noc1C)CC(C)O2. The van der Waals surface area contributed by atoms with Gasteiger partial charge in [-0.25, -0.2) is 8.42 Å². The van der Waals surface area contributed by atoms with Crippen LogP contribution in [0.15, 0.2) is 27.6 Å². The molecule has 1 aromatic heterocycles. The van der Waals surface area contributed by atoms with Crippen LogP contribution in [0.1, 0.15) is 18.2 Å². The van der Waals surface area contributed by atoms with Gasteiger partial charge in [0.05, 0.1) is 12.2 Å². The minimum atomic E-state index is -3.87. The van der Waals surface area contributed by atoms with Crippen molar-refractivity contribution in [2.24, 2.45) is 0 Å². The monoisotopic (exact) mass is 323 g/mol. The zero-order valence-electron chi connectivity index (χ0n) is 12.5. The third-order valence-corrected chi connectivity index (χ3v) is 5.45. The normalized spacial score (nSPS) is 18.0. The first-order valence-electron chi connectivity index (χ1n) is 6.82. The van der Waals surface area contributed by atoms with Crippen molar-refractivity contribution in [2.45, 2.75) is 31.8 Å². The second-order valence-corrected chi connectivity index (χ2v) is 7.19. The number of fused-ring (bicyclic) bond motifs is 1. The van der Waals surface area contributed by atoms with Crippen LogP contribution < -0.4 is 14.8 Å². The van der Waals surface area contributed by atoms with Gasteiger partial charge in [-0.2, -0.15) is 0 Å². The summed E-state index contributed by atoms with van der Waals surface area (Å²) in [5, 5.41) is 3.54. The number of hydrogen-bond donors (Lipinski definition) is 1. The van der Waals surface area contributed by atoms with Crippen LogP contribution in [0.3, 0.4) is 0 Å². The molecule has 2 heterocycles. The van der Waals surface area contributed by atoms with Gasteiger partial charge in [-0.15, -0.1) is 0 Å². The van der Waals surface area contributed by atoms with Crippen molar-refractivity contribution in [1.82, 2.24) is 5.16 Å². The number of aryl methyl sites for hydroxylation is 2. The third-order valence-electron chi connectivity index (χ3n) is 3.52. The summed E-state index contributed by atoms with van der Waals surface area (Å²) < 4.78 is 37.9. The smallest absolute Gasteiger partial charge is 0.271 e. The lowest BCUT2D eigenvalue weighted by Gasteiger charge is -2.34. The van der Waals surface area contributed by atoms with E-state index in [2.05, 4.69) is 5.16 Å². The van der Waals surface area contributed by atoms with Crippen LogP contribution in [0.2, 0.25) is 0 Å². The van der Waals surface area contributed by atoms with Crippen molar-refractivity contribution in [3.63, 3.8) is 0 Å². The quantitative estimate of drug-likeness (QED) is 0.905. The number of benzene rings is 1. The fourth-order valence-corrected chi connectivity index (χ4v) is 4.27. The number of hydrogen-bond acceptors (Lipinski definition) is 6. The lowest BCUT2D eigenvalue weighted by atomic mass is 10.2. The molecule has 1 atom stereocenters. The number of nitrogens with two attached hydrogens (primary N) is 1. The number of anilines is 2. The molecular formula is C14H17N3O4S. The molecule has 0 amide bonds. The van der Waals surface area contributed by atoms with E-state index < -0.39 is 10.0 Å². The summed E-state index contributed by atoms with van der Waals surface area (Å²) in [6.07, 6.45) is -0.272. The number of sulfonamides is 1. The van der Waals surface area contributed by atoms with Gasteiger partial charge >= 0.3 is 0 Å². The molecule has 0 fully saturated rings. The Labute approximate surface area is 128 Å². The highest BCUT2D eigenvalue weighted by Gasteiger charge is 2.37. The van der Waals surface area contributed by atoms with Gasteiger partial charge in [0, 0.05) is 0 Å². The Bertz CT molecular complexity index is 809. The van der Waals surface area contributed by atoms with E-state index in [0.717, 1.165) is 5.56 Å². The van der Waals surface area contributed by atoms with Gasteiger partial charge in [-0.05, 0) is 38.5 Å². The highest BCUT2D eigenvalue weighted by Crippen LogP contribution is 2.39. The maximum atomic E-state index is 13.0. The Kier molecular flexibility index (Phi) is 3.28. The minimum absolute atomic E-state index is 0.0888. The topological polar surface area (TPSA) is 98.7 Å². The molecule has 3 rings (SSSR count). The predicted molar refractivity (Wildman–Crippen MR) is 81.5 cm³/mol.